The van der Waals surface area contributed by atoms with E-state index in [1.54, 1.807) is 0 Å². The van der Waals surface area contributed by atoms with Gasteiger partial charge in [0, 0.05) is 33.1 Å². The fraction of sp³-hybridized carbons (Fsp3) is 0.423. The Kier molecular flexibility index (Phi) is 9.38. The smallest absolute Gasteiger partial charge is 0.351 e. The van der Waals surface area contributed by atoms with E-state index in [9.17, 15) is 36.0 Å². The van der Waals surface area contributed by atoms with Crippen molar-refractivity contribution in [1.82, 2.24) is 19.8 Å². The van der Waals surface area contributed by atoms with Crippen LogP contribution in [0.15, 0.2) is 53.4 Å². The van der Waals surface area contributed by atoms with E-state index in [4.69, 9.17) is 0 Å². The topological polar surface area (TPSA) is 116 Å². The van der Waals surface area contributed by atoms with Crippen LogP contribution in [0.4, 0.5) is 13.2 Å². The van der Waals surface area contributed by atoms with E-state index in [2.05, 4.69) is 10.6 Å². The van der Waals surface area contributed by atoms with Gasteiger partial charge in [-0.2, -0.15) is 17.5 Å². The van der Waals surface area contributed by atoms with Gasteiger partial charge in [0.1, 0.15) is 6.04 Å². The van der Waals surface area contributed by atoms with Crippen molar-refractivity contribution in [3.05, 3.63) is 65.2 Å². The SMILES string of the molecule is CC(=O)NCC(=O)N1CCN(S(=O)(=O)c2ccc(C(F)(F)F)cc2)[C@@H](C(=O)NCc2ccc(C(C)C)cc2)C1. The van der Waals surface area contributed by atoms with Crippen LogP contribution in [-0.4, -0.2) is 67.6 Å². The molecule has 3 amide bonds. The molecule has 9 nitrogen and oxygen atoms in total. The summed E-state index contributed by atoms with van der Waals surface area (Å²) in [4.78, 5) is 38.0. The second kappa shape index (κ2) is 12.2. The van der Waals surface area contributed by atoms with Gasteiger partial charge in [-0.05, 0) is 41.3 Å². The monoisotopic (exact) mass is 568 g/mol. The molecule has 1 aliphatic heterocycles. The van der Waals surface area contributed by atoms with E-state index in [1.807, 2.05) is 38.1 Å². The predicted octanol–water partition coefficient (Wildman–Crippen LogP) is 2.48. The second-order valence-corrected chi connectivity index (χ2v) is 11.4. The number of halogens is 3. The van der Waals surface area contributed by atoms with Crippen molar-refractivity contribution in [3.8, 4) is 0 Å². The van der Waals surface area contributed by atoms with Crippen LogP contribution in [0.3, 0.4) is 0 Å². The molecule has 3 rings (SSSR count). The van der Waals surface area contributed by atoms with Gasteiger partial charge in [0.25, 0.3) is 0 Å². The van der Waals surface area contributed by atoms with Crippen molar-refractivity contribution >= 4 is 27.7 Å². The first-order valence-corrected chi connectivity index (χ1v) is 13.7. The molecule has 0 saturated carbocycles. The van der Waals surface area contributed by atoms with Gasteiger partial charge in [-0.3, -0.25) is 14.4 Å². The average Bonchev–Trinajstić information content (AvgIpc) is 2.89. The van der Waals surface area contributed by atoms with Crippen LogP contribution in [0.25, 0.3) is 0 Å². The van der Waals surface area contributed by atoms with Crippen LogP contribution in [-0.2, 0) is 37.1 Å². The normalized spacial score (nSPS) is 16.7. The number of nitrogens with zero attached hydrogens (tertiary/aromatic N) is 2. The zero-order chi connectivity index (χ0) is 29.0. The van der Waals surface area contributed by atoms with Crippen LogP contribution in [0.1, 0.15) is 43.4 Å². The fourth-order valence-corrected chi connectivity index (χ4v) is 5.65. The van der Waals surface area contributed by atoms with Crippen molar-refractivity contribution in [2.45, 2.75) is 50.3 Å². The second-order valence-electron chi connectivity index (χ2n) is 9.52. The molecule has 1 saturated heterocycles. The molecule has 0 radical (unpaired) electrons. The quantitative estimate of drug-likeness (QED) is 0.508. The van der Waals surface area contributed by atoms with E-state index in [-0.39, 0.29) is 32.7 Å². The summed E-state index contributed by atoms with van der Waals surface area (Å²) in [5, 5.41) is 5.08. The molecule has 13 heteroatoms. The summed E-state index contributed by atoms with van der Waals surface area (Å²) in [7, 11) is -4.39. The number of sulfonamides is 1. The molecule has 1 fully saturated rings. The van der Waals surface area contributed by atoms with Crippen LogP contribution in [0.2, 0.25) is 0 Å². The Morgan fingerprint density at radius 1 is 0.974 bits per heavy atom. The molecule has 1 aliphatic rings. The fourth-order valence-electron chi connectivity index (χ4n) is 4.08. The standard InChI is InChI=1S/C26H31F3N4O5S/c1-17(2)20-6-4-19(5-7-20)14-31-25(36)23-16-32(24(35)15-30-18(3)34)12-13-33(23)39(37,38)22-10-8-21(9-11-22)26(27,28)29/h4-11,17,23H,12-16H2,1-3H3,(H,30,34)(H,31,36)/t23-/m1/s1. The maximum Gasteiger partial charge on any atom is 0.416 e. The molecular formula is C26H31F3N4O5S. The number of rotatable bonds is 8. The highest BCUT2D eigenvalue weighted by molar-refractivity contribution is 7.89. The highest BCUT2D eigenvalue weighted by Gasteiger charge is 2.41. The first-order chi connectivity index (χ1) is 18.2. The minimum Gasteiger partial charge on any atom is -0.351 e. The molecule has 2 N–H and O–H groups in total. The van der Waals surface area contributed by atoms with Crippen LogP contribution in [0.5, 0.6) is 0 Å². The lowest BCUT2D eigenvalue weighted by atomic mass is 10.0. The third-order valence-corrected chi connectivity index (χ3v) is 8.30. The molecule has 212 valence electrons. The van der Waals surface area contributed by atoms with E-state index in [0.717, 1.165) is 27.6 Å². The van der Waals surface area contributed by atoms with E-state index in [0.29, 0.717) is 18.1 Å². The van der Waals surface area contributed by atoms with Gasteiger partial charge in [-0.15, -0.1) is 0 Å². The van der Waals surface area contributed by atoms with Gasteiger partial charge in [0.05, 0.1) is 17.0 Å². The number of nitrogens with one attached hydrogen (secondary N) is 2. The largest absolute Gasteiger partial charge is 0.416 e. The molecule has 0 unspecified atom stereocenters. The van der Waals surface area contributed by atoms with Gasteiger partial charge in [-0.1, -0.05) is 38.1 Å². The molecule has 0 spiro atoms. The molecule has 1 heterocycles. The number of alkyl halides is 3. The lowest BCUT2D eigenvalue weighted by Crippen LogP contribution is -2.62. The Morgan fingerprint density at radius 3 is 2.13 bits per heavy atom. The van der Waals surface area contributed by atoms with Crippen LogP contribution in [0, 0.1) is 0 Å². The van der Waals surface area contributed by atoms with E-state index < -0.39 is 50.4 Å². The number of piperazine rings is 1. The summed E-state index contributed by atoms with van der Waals surface area (Å²) in [6.45, 7) is 4.48. The Bertz CT molecular complexity index is 1300. The van der Waals surface area contributed by atoms with E-state index in [1.165, 1.54) is 11.8 Å². The molecule has 0 aliphatic carbocycles. The van der Waals surface area contributed by atoms with Crippen molar-refractivity contribution < 1.29 is 36.0 Å². The first kappa shape index (κ1) is 30.1. The summed E-state index contributed by atoms with van der Waals surface area (Å²) < 4.78 is 66.7. The van der Waals surface area contributed by atoms with Gasteiger partial charge < -0.3 is 15.5 Å². The lowest BCUT2D eigenvalue weighted by Gasteiger charge is -2.39. The van der Waals surface area contributed by atoms with Gasteiger partial charge in [0.2, 0.25) is 27.7 Å². The molecular weight excluding hydrogens is 537 g/mol. The maximum atomic E-state index is 13.4. The first-order valence-electron chi connectivity index (χ1n) is 12.3. The number of benzene rings is 2. The molecule has 39 heavy (non-hydrogen) atoms. The summed E-state index contributed by atoms with van der Waals surface area (Å²) in [6, 6.07) is 9.21. The lowest BCUT2D eigenvalue weighted by molar-refractivity contribution is -0.138. The number of hydrogen-bond acceptors (Lipinski definition) is 5. The predicted molar refractivity (Wildman–Crippen MR) is 137 cm³/mol. The highest BCUT2D eigenvalue weighted by atomic mass is 32.2. The van der Waals surface area contributed by atoms with Crippen LogP contribution >= 0.6 is 0 Å². The van der Waals surface area contributed by atoms with Crippen LogP contribution < -0.4 is 10.6 Å². The third kappa shape index (κ3) is 7.57. The molecule has 0 bridgehead atoms. The number of carbonyl (C=O) groups excluding carboxylic acids is 3. The minimum absolute atomic E-state index is 0.0707. The molecule has 0 aromatic heterocycles. The zero-order valence-electron chi connectivity index (χ0n) is 21.8. The molecule has 2 aromatic carbocycles. The minimum atomic E-state index is -4.64. The number of carbonyl (C=O) groups is 3. The Balaban J connectivity index is 1.84. The summed E-state index contributed by atoms with van der Waals surface area (Å²) in [5.41, 5.74) is 0.881. The summed E-state index contributed by atoms with van der Waals surface area (Å²) in [6.07, 6.45) is -4.64. The molecule has 2 aromatic rings. The Labute approximate surface area is 225 Å². The van der Waals surface area contributed by atoms with Gasteiger partial charge in [0.15, 0.2) is 0 Å². The maximum absolute atomic E-state index is 13.4. The van der Waals surface area contributed by atoms with E-state index >= 15 is 0 Å². The number of amides is 3. The van der Waals surface area contributed by atoms with Crippen molar-refractivity contribution in [2.75, 3.05) is 26.2 Å². The Hall–Kier alpha value is -3.45. The van der Waals surface area contributed by atoms with Crippen molar-refractivity contribution in [3.63, 3.8) is 0 Å². The number of hydrogen-bond donors (Lipinski definition) is 2. The summed E-state index contributed by atoms with van der Waals surface area (Å²) >= 11 is 0. The third-order valence-electron chi connectivity index (χ3n) is 6.38. The van der Waals surface area contributed by atoms with Crippen molar-refractivity contribution in [2.24, 2.45) is 0 Å². The molecule has 1 atom stereocenters. The van der Waals surface area contributed by atoms with Gasteiger partial charge >= 0.3 is 6.18 Å². The van der Waals surface area contributed by atoms with Crippen molar-refractivity contribution in [1.29, 1.82) is 0 Å². The highest BCUT2D eigenvalue weighted by Crippen LogP contribution is 2.31. The zero-order valence-corrected chi connectivity index (χ0v) is 22.6. The summed E-state index contributed by atoms with van der Waals surface area (Å²) in [5.74, 6) is -1.28. The van der Waals surface area contributed by atoms with Gasteiger partial charge in [-0.25, -0.2) is 8.42 Å². The Morgan fingerprint density at radius 2 is 1.59 bits per heavy atom. The average molecular weight is 569 g/mol.